The third-order valence-corrected chi connectivity index (χ3v) is 18.1. The Morgan fingerprint density at radius 3 is 1.93 bits per heavy atom. The van der Waals surface area contributed by atoms with Gasteiger partial charge in [-0.05, 0) is 78.9 Å². The minimum absolute atomic E-state index is 0.128. The van der Waals surface area contributed by atoms with Crippen LogP contribution in [0.4, 0.5) is 0 Å². The van der Waals surface area contributed by atoms with E-state index < -0.39 is 8.07 Å². The van der Waals surface area contributed by atoms with Gasteiger partial charge in [0.1, 0.15) is 0 Å². The number of rotatable bonds is 4. The van der Waals surface area contributed by atoms with Crippen LogP contribution in [0.25, 0.3) is 0 Å². The molecular formula is C26H50OSi. The van der Waals surface area contributed by atoms with Gasteiger partial charge in [0.15, 0.2) is 0 Å². The zero-order valence-corrected chi connectivity index (χ0v) is 21.4. The van der Waals surface area contributed by atoms with Crippen LogP contribution in [0, 0.1) is 40.4 Å². The molecule has 1 N–H and O–H groups in total. The molecule has 0 aliphatic heterocycles. The second-order valence-electron chi connectivity index (χ2n) is 12.2. The van der Waals surface area contributed by atoms with Crippen molar-refractivity contribution in [3.63, 3.8) is 0 Å². The summed E-state index contributed by atoms with van der Waals surface area (Å²) in [5, 5.41) is 12.3. The van der Waals surface area contributed by atoms with E-state index >= 15 is 0 Å². The molecule has 0 aromatic heterocycles. The molecule has 0 spiro atoms. The molecule has 0 radical (unpaired) electrons. The Kier molecular flexibility index (Phi) is 6.28. The lowest BCUT2D eigenvalue weighted by molar-refractivity contribution is -0.147. The first-order valence-corrected chi connectivity index (χ1v) is 15.4. The molecule has 2 bridgehead atoms. The lowest BCUT2D eigenvalue weighted by Crippen LogP contribution is -2.70. The number of hydrogen-bond acceptors (Lipinski definition) is 1. The van der Waals surface area contributed by atoms with Crippen molar-refractivity contribution >= 4 is 8.07 Å². The first-order valence-electron chi connectivity index (χ1n) is 12.7. The third kappa shape index (κ3) is 3.02. The Bertz CT molecular complexity index is 544. The maximum atomic E-state index is 12.7. The molecular weight excluding hydrogens is 356 g/mol. The predicted octanol–water partition coefficient (Wildman–Crippen LogP) is 7.69. The molecule has 3 aliphatic rings. The molecule has 1 nitrogen and oxygen atoms in total. The molecule has 0 heterocycles. The number of fused-ring (bicyclic) bond motifs is 3. The summed E-state index contributed by atoms with van der Waals surface area (Å²) in [5.41, 5.74) is 0.603. The second-order valence-corrected chi connectivity index (χ2v) is 17.7. The average Bonchev–Trinajstić information content (AvgIpc) is 2.65. The van der Waals surface area contributed by atoms with Gasteiger partial charge in [-0.25, -0.2) is 0 Å². The summed E-state index contributed by atoms with van der Waals surface area (Å²) in [5.74, 6) is 4.03. The van der Waals surface area contributed by atoms with Gasteiger partial charge < -0.3 is 5.11 Å². The highest BCUT2D eigenvalue weighted by molar-refractivity contribution is 6.82. The Balaban J connectivity index is 2.08. The summed E-state index contributed by atoms with van der Waals surface area (Å²) >= 11 is 0. The van der Waals surface area contributed by atoms with Crippen LogP contribution < -0.4 is 0 Å². The fraction of sp³-hybridized carbons (Fsp3) is 1.00. The summed E-state index contributed by atoms with van der Waals surface area (Å²) in [4.78, 5) is 0. The van der Waals surface area contributed by atoms with Crippen LogP contribution >= 0.6 is 0 Å². The molecule has 164 valence electrons. The van der Waals surface area contributed by atoms with E-state index in [1.165, 1.54) is 56.7 Å². The largest absolute Gasteiger partial charge is 0.393 e. The molecule has 7 atom stereocenters. The zero-order valence-electron chi connectivity index (χ0n) is 20.4. The normalized spacial score (nSPS) is 46.4. The summed E-state index contributed by atoms with van der Waals surface area (Å²) in [7, 11) is -1.72. The Hall–Kier alpha value is 0.177. The van der Waals surface area contributed by atoms with E-state index in [2.05, 4.69) is 55.4 Å². The minimum atomic E-state index is -1.72. The Morgan fingerprint density at radius 1 is 0.786 bits per heavy atom. The summed E-state index contributed by atoms with van der Waals surface area (Å²) in [6, 6.07) is 3.76. The lowest BCUT2D eigenvalue weighted by atomic mass is 9.48. The van der Waals surface area contributed by atoms with Crippen LogP contribution in [0.3, 0.4) is 0 Å². The van der Waals surface area contributed by atoms with E-state index in [4.69, 9.17) is 0 Å². The van der Waals surface area contributed by atoms with Crippen LogP contribution in [0.5, 0.6) is 0 Å². The number of aliphatic hydroxyl groups is 1. The van der Waals surface area contributed by atoms with Crippen molar-refractivity contribution in [1.29, 1.82) is 0 Å². The molecule has 28 heavy (non-hydrogen) atoms. The molecule has 3 rings (SSSR count). The van der Waals surface area contributed by atoms with Crippen molar-refractivity contribution in [3.8, 4) is 0 Å². The van der Waals surface area contributed by atoms with Gasteiger partial charge in [0.2, 0.25) is 0 Å². The van der Waals surface area contributed by atoms with Crippen molar-refractivity contribution in [2.75, 3.05) is 0 Å². The van der Waals surface area contributed by atoms with Gasteiger partial charge in [0, 0.05) is 0 Å². The van der Waals surface area contributed by atoms with Gasteiger partial charge in [-0.3, -0.25) is 0 Å². The molecule has 0 aromatic rings. The standard InChI is InChI=1S/C26H50OSi/c1-9-28(10-2,11-3)26(27)17-14-20(5)23-18-21-13-12-19(4)22(24(21,6)7)15-16-25(23,26)8/h19-23,27H,9-18H2,1-8H3/t19-,20-,21+,22+,23-,25+,26?/m1/s1. The van der Waals surface area contributed by atoms with E-state index in [0.717, 1.165) is 30.1 Å². The maximum Gasteiger partial charge on any atom is 0.0911 e. The van der Waals surface area contributed by atoms with Crippen LogP contribution in [0.15, 0.2) is 0 Å². The van der Waals surface area contributed by atoms with Crippen LogP contribution in [0.2, 0.25) is 18.1 Å². The highest BCUT2D eigenvalue weighted by atomic mass is 28.3. The van der Waals surface area contributed by atoms with Crippen molar-refractivity contribution in [2.45, 2.75) is 124 Å². The van der Waals surface area contributed by atoms with Gasteiger partial charge in [-0.2, -0.15) is 0 Å². The SMILES string of the molecule is CC[Si](CC)(CC)C1(O)CC[C@@H](C)[C@H]2C[C@@H]3CC[C@@H](C)[C@H](CC[C@@]21C)C3(C)C. The Labute approximate surface area is 177 Å². The van der Waals surface area contributed by atoms with E-state index in [0.29, 0.717) is 11.3 Å². The van der Waals surface area contributed by atoms with E-state index in [1.54, 1.807) is 0 Å². The van der Waals surface area contributed by atoms with E-state index in [1.807, 2.05) is 0 Å². The van der Waals surface area contributed by atoms with Gasteiger partial charge >= 0.3 is 0 Å². The summed E-state index contributed by atoms with van der Waals surface area (Å²) < 4.78 is 0. The highest BCUT2D eigenvalue weighted by Gasteiger charge is 2.65. The molecule has 2 heteroatoms. The highest BCUT2D eigenvalue weighted by Crippen LogP contribution is 2.65. The topological polar surface area (TPSA) is 20.2 Å². The predicted molar refractivity (Wildman–Crippen MR) is 125 cm³/mol. The van der Waals surface area contributed by atoms with Crippen LogP contribution in [0.1, 0.15) is 100 Å². The van der Waals surface area contributed by atoms with Gasteiger partial charge in [-0.1, -0.05) is 79.9 Å². The van der Waals surface area contributed by atoms with Crippen molar-refractivity contribution in [2.24, 2.45) is 40.4 Å². The summed E-state index contributed by atoms with van der Waals surface area (Å²) in [6.07, 6.45) is 9.15. The maximum absolute atomic E-state index is 12.7. The van der Waals surface area contributed by atoms with Crippen molar-refractivity contribution in [1.82, 2.24) is 0 Å². The minimum Gasteiger partial charge on any atom is -0.393 e. The van der Waals surface area contributed by atoms with Crippen molar-refractivity contribution < 1.29 is 5.11 Å². The molecule has 1 unspecified atom stereocenters. The third-order valence-electron chi connectivity index (χ3n) is 11.5. The number of hydrogen-bond donors (Lipinski definition) is 1. The van der Waals surface area contributed by atoms with Gasteiger partial charge in [0.25, 0.3) is 0 Å². The first-order chi connectivity index (χ1) is 13.0. The monoisotopic (exact) mass is 406 g/mol. The first kappa shape index (κ1) is 22.9. The van der Waals surface area contributed by atoms with Gasteiger partial charge in [-0.15, -0.1) is 0 Å². The second kappa shape index (κ2) is 7.70. The molecule has 0 aromatic carbocycles. The van der Waals surface area contributed by atoms with Gasteiger partial charge in [0.05, 0.1) is 13.3 Å². The lowest BCUT2D eigenvalue weighted by Gasteiger charge is -2.65. The summed E-state index contributed by atoms with van der Waals surface area (Å²) in [6.45, 7) is 20.0. The van der Waals surface area contributed by atoms with Crippen molar-refractivity contribution in [3.05, 3.63) is 0 Å². The fourth-order valence-corrected chi connectivity index (χ4v) is 14.6. The zero-order chi connectivity index (χ0) is 21.0. The molecule has 3 saturated carbocycles. The average molecular weight is 407 g/mol. The van der Waals surface area contributed by atoms with E-state index in [-0.39, 0.29) is 10.6 Å². The molecule has 0 amide bonds. The van der Waals surface area contributed by atoms with E-state index in [9.17, 15) is 5.11 Å². The smallest absolute Gasteiger partial charge is 0.0911 e. The Morgan fingerprint density at radius 2 is 1.36 bits per heavy atom. The molecule has 3 fully saturated rings. The molecule has 0 saturated heterocycles. The molecule has 3 aliphatic carbocycles. The van der Waals surface area contributed by atoms with Crippen LogP contribution in [-0.4, -0.2) is 18.4 Å². The fourth-order valence-electron chi connectivity index (χ4n) is 9.15. The quantitative estimate of drug-likeness (QED) is 0.474. The van der Waals surface area contributed by atoms with Crippen LogP contribution in [-0.2, 0) is 0 Å².